The van der Waals surface area contributed by atoms with Crippen LogP contribution in [-0.2, 0) is 6.42 Å². The summed E-state index contributed by atoms with van der Waals surface area (Å²) in [6.07, 6.45) is 0.708. The summed E-state index contributed by atoms with van der Waals surface area (Å²) in [7, 11) is 0. The Morgan fingerprint density at radius 2 is 2.15 bits per heavy atom. The average molecular weight is 241 g/mol. The Bertz CT molecular complexity index is 346. The number of halogens is 1. The number of benzene rings is 1. The molecule has 0 bridgehead atoms. The molecule has 0 spiro atoms. The number of aliphatic hydroxyl groups excluding tert-OH is 1. The highest BCUT2D eigenvalue weighted by molar-refractivity contribution is 9.10. The third-order valence-corrected chi connectivity index (χ3v) is 3.89. The summed E-state index contributed by atoms with van der Waals surface area (Å²) in [6, 6.07) is 4.23. The van der Waals surface area contributed by atoms with Gasteiger partial charge in [-0.1, -0.05) is 35.0 Å². The lowest BCUT2D eigenvalue weighted by Crippen LogP contribution is -2.02. The fourth-order valence-corrected chi connectivity index (χ4v) is 2.60. The van der Waals surface area contributed by atoms with E-state index < -0.39 is 0 Å². The number of fused-ring (bicyclic) bond motifs is 1. The number of aliphatic hydroxyl groups is 1. The van der Waals surface area contributed by atoms with E-state index in [2.05, 4.69) is 41.9 Å². The van der Waals surface area contributed by atoms with Gasteiger partial charge in [-0.2, -0.15) is 0 Å². The zero-order valence-electron chi connectivity index (χ0n) is 7.84. The molecule has 1 aromatic rings. The molecule has 13 heavy (non-hydrogen) atoms. The van der Waals surface area contributed by atoms with E-state index in [1.165, 1.54) is 11.1 Å². The van der Waals surface area contributed by atoms with Crippen LogP contribution >= 0.6 is 15.9 Å². The molecule has 1 nitrogen and oxygen atoms in total. The Morgan fingerprint density at radius 1 is 1.46 bits per heavy atom. The molecule has 2 unspecified atom stereocenters. The molecule has 1 aliphatic rings. The van der Waals surface area contributed by atoms with Crippen molar-refractivity contribution in [3.05, 3.63) is 33.3 Å². The Morgan fingerprint density at radius 3 is 2.85 bits per heavy atom. The second-order valence-electron chi connectivity index (χ2n) is 3.90. The van der Waals surface area contributed by atoms with Gasteiger partial charge in [0.2, 0.25) is 0 Å². The first-order valence-corrected chi connectivity index (χ1v) is 5.36. The predicted octanol–water partition coefficient (Wildman–Crippen LogP) is 2.98. The van der Waals surface area contributed by atoms with E-state index in [4.69, 9.17) is 0 Å². The van der Waals surface area contributed by atoms with Crippen molar-refractivity contribution in [3.8, 4) is 0 Å². The maximum atomic E-state index is 9.93. The lowest BCUT2D eigenvalue weighted by atomic mass is 10.1. The van der Waals surface area contributed by atoms with Gasteiger partial charge in [-0.25, -0.2) is 0 Å². The lowest BCUT2D eigenvalue weighted by molar-refractivity contribution is 0.132. The van der Waals surface area contributed by atoms with Crippen LogP contribution in [-0.4, -0.2) is 5.11 Å². The van der Waals surface area contributed by atoms with Gasteiger partial charge in [-0.3, -0.25) is 0 Å². The van der Waals surface area contributed by atoms with Crippen molar-refractivity contribution in [3.63, 3.8) is 0 Å². The van der Waals surface area contributed by atoms with Gasteiger partial charge in [0.15, 0.2) is 0 Å². The molecule has 0 aliphatic heterocycles. The largest absolute Gasteiger partial charge is 0.388 e. The van der Waals surface area contributed by atoms with Crippen molar-refractivity contribution >= 4 is 15.9 Å². The SMILES string of the molecule is Cc1ccc2c(c1Br)C(O)C(C)C2. The van der Waals surface area contributed by atoms with Gasteiger partial charge in [0.1, 0.15) is 0 Å². The summed E-state index contributed by atoms with van der Waals surface area (Å²) < 4.78 is 1.09. The van der Waals surface area contributed by atoms with E-state index in [0.717, 1.165) is 16.5 Å². The van der Waals surface area contributed by atoms with Crippen LogP contribution in [0.3, 0.4) is 0 Å². The number of rotatable bonds is 0. The van der Waals surface area contributed by atoms with Crippen LogP contribution in [0.15, 0.2) is 16.6 Å². The van der Waals surface area contributed by atoms with E-state index >= 15 is 0 Å². The van der Waals surface area contributed by atoms with Gasteiger partial charge in [0, 0.05) is 4.47 Å². The Hall–Kier alpha value is -0.340. The molecule has 0 fully saturated rings. The molecule has 0 saturated heterocycles. The van der Waals surface area contributed by atoms with Gasteiger partial charge in [0.05, 0.1) is 6.10 Å². The number of hydrogen-bond donors (Lipinski definition) is 1. The Balaban J connectivity index is 2.59. The van der Waals surface area contributed by atoms with Gasteiger partial charge < -0.3 is 5.11 Å². The van der Waals surface area contributed by atoms with Gasteiger partial charge >= 0.3 is 0 Å². The summed E-state index contributed by atoms with van der Waals surface area (Å²) in [5, 5.41) is 9.93. The molecule has 0 radical (unpaired) electrons. The van der Waals surface area contributed by atoms with E-state index in [1.807, 2.05) is 0 Å². The molecule has 0 saturated carbocycles. The maximum Gasteiger partial charge on any atom is 0.0832 e. The van der Waals surface area contributed by atoms with Crippen molar-refractivity contribution < 1.29 is 5.11 Å². The summed E-state index contributed by atoms with van der Waals surface area (Å²) in [6.45, 7) is 4.15. The van der Waals surface area contributed by atoms with Crippen molar-refractivity contribution in [1.29, 1.82) is 0 Å². The van der Waals surface area contributed by atoms with E-state index in [0.29, 0.717) is 5.92 Å². The highest BCUT2D eigenvalue weighted by Crippen LogP contribution is 2.41. The number of aryl methyl sites for hydroxylation is 1. The molecule has 2 heteroatoms. The van der Waals surface area contributed by atoms with E-state index in [1.54, 1.807) is 0 Å². The zero-order valence-corrected chi connectivity index (χ0v) is 9.43. The smallest absolute Gasteiger partial charge is 0.0832 e. The molecule has 0 heterocycles. The molecule has 1 N–H and O–H groups in total. The highest BCUT2D eigenvalue weighted by Gasteiger charge is 2.29. The Kier molecular flexibility index (Phi) is 2.20. The molecule has 2 atom stereocenters. The summed E-state index contributed by atoms with van der Waals surface area (Å²) in [5.41, 5.74) is 3.59. The number of hydrogen-bond acceptors (Lipinski definition) is 1. The van der Waals surface area contributed by atoms with Crippen LogP contribution in [0.5, 0.6) is 0 Å². The summed E-state index contributed by atoms with van der Waals surface area (Å²) in [4.78, 5) is 0. The van der Waals surface area contributed by atoms with Crippen molar-refractivity contribution in [1.82, 2.24) is 0 Å². The minimum Gasteiger partial charge on any atom is -0.388 e. The van der Waals surface area contributed by atoms with Crippen LogP contribution in [0, 0.1) is 12.8 Å². The third kappa shape index (κ3) is 1.32. The van der Waals surface area contributed by atoms with Gasteiger partial charge in [-0.15, -0.1) is 0 Å². The van der Waals surface area contributed by atoms with Crippen molar-refractivity contribution in [2.45, 2.75) is 26.4 Å². The maximum absolute atomic E-state index is 9.93. The molecule has 1 aliphatic carbocycles. The minimum absolute atomic E-state index is 0.288. The van der Waals surface area contributed by atoms with Crippen LogP contribution in [0.4, 0.5) is 0 Å². The predicted molar refractivity (Wildman–Crippen MR) is 56.7 cm³/mol. The van der Waals surface area contributed by atoms with Gasteiger partial charge in [-0.05, 0) is 36.0 Å². The molecule has 70 valence electrons. The molecule has 1 aromatic carbocycles. The quantitative estimate of drug-likeness (QED) is 0.740. The monoisotopic (exact) mass is 240 g/mol. The molecule has 0 amide bonds. The molecular weight excluding hydrogens is 228 g/mol. The van der Waals surface area contributed by atoms with Crippen molar-refractivity contribution in [2.75, 3.05) is 0 Å². The first-order valence-electron chi connectivity index (χ1n) is 4.57. The van der Waals surface area contributed by atoms with E-state index in [-0.39, 0.29) is 6.10 Å². The van der Waals surface area contributed by atoms with Gasteiger partial charge in [0.25, 0.3) is 0 Å². The van der Waals surface area contributed by atoms with Crippen LogP contribution in [0.25, 0.3) is 0 Å². The van der Waals surface area contributed by atoms with E-state index in [9.17, 15) is 5.11 Å². The highest BCUT2D eigenvalue weighted by atomic mass is 79.9. The lowest BCUT2D eigenvalue weighted by Gasteiger charge is -2.11. The topological polar surface area (TPSA) is 20.2 Å². The summed E-state index contributed by atoms with van der Waals surface area (Å²) in [5.74, 6) is 0.355. The minimum atomic E-state index is -0.288. The first kappa shape index (κ1) is 9.22. The van der Waals surface area contributed by atoms with Crippen LogP contribution in [0.1, 0.15) is 29.7 Å². The standard InChI is InChI=1S/C11H13BrO/c1-6-3-4-8-5-7(2)11(13)9(8)10(6)12/h3-4,7,11,13H,5H2,1-2H3. The molecule has 0 aromatic heterocycles. The van der Waals surface area contributed by atoms with Crippen LogP contribution < -0.4 is 0 Å². The summed E-state index contributed by atoms with van der Waals surface area (Å²) >= 11 is 3.54. The fraction of sp³-hybridized carbons (Fsp3) is 0.455. The first-order chi connectivity index (χ1) is 6.11. The average Bonchev–Trinajstić information content (AvgIpc) is 2.37. The normalized spacial score (nSPS) is 26.2. The fourth-order valence-electron chi connectivity index (χ4n) is 1.98. The van der Waals surface area contributed by atoms with Crippen LogP contribution in [0.2, 0.25) is 0 Å². The zero-order chi connectivity index (χ0) is 9.59. The molecular formula is C11H13BrO. The Labute approximate surface area is 86.9 Å². The van der Waals surface area contributed by atoms with Crippen molar-refractivity contribution in [2.24, 2.45) is 5.92 Å². The third-order valence-electron chi connectivity index (χ3n) is 2.84. The second kappa shape index (κ2) is 3.10. The second-order valence-corrected chi connectivity index (χ2v) is 4.69. The molecule has 2 rings (SSSR count).